The van der Waals surface area contributed by atoms with Crippen LogP contribution in [0.2, 0.25) is 0 Å². The number of pyridine rings is 1. The minimum absolute atomic E-state index is 0.00468. The molecule has 1 aromatic heterocycles. The third-order valence-electron chi connectivity index (χ3n) is 2.64. The van der Waals surface area contributed by atoms with Crippen LogP contribution in [0.4, 0.5) is 5.69 Å². The first kappa shape index (κ1) is 12.3. The second-order valence-electron chi connectivity index (χ2n) is 4.10. The number of carbonyl (C=O) groups excluding carboxylic acids is 1. The van der Waals surface area contributed by atoms with Gasteiger partial charge in [-0.25, -0.2) is 0 Å². The normalized spacial score (nSPS) is 11.9. The lowest BCUT2D eigenvalue weighted by Gasteiger charge is -2.08. The molecule has 2 aromatic rings. The number of benzene rings is 1. The summed E-state index contributed by atoms with van der Waals surface area (Å²) >= 11 is 0. The van der Waals surface area contributed by atoms with Gasteiger partial charge in [0.1, 0.15) is 0 Å². The standard InChI is InChI=1S/C14H15N3O/c1-10(15)11-2-4-13(5-3-11)17-14(18)12-6-8-16-9-7-12/h2-10H,15H2,1H3,(H,17,18). The predicted octanol–water partition coefficient (Wildman–Crippen LogP) is 2.35. The van der Waals surface area contributed by atoms with Gasteiger partial charge in [-0.05, 0) is 36.8 Å². The van der Waals surface area contributed by atoms with Gasteiger partial charge in [-0.2, -0.15) is 0 Å². The fourth-order valence-corrected chi connectivity index (χ4v) is 1.58. The average Bonchev–Trinajstić information content (AvgIpc) is 2.40. The van der Waals surface area contributed by atoms with E-state index in [1.165, 1.54) is 0 Å². The Morgan fingerprint density at radius 3 is 2.33 bits per heavy atom. The van der Waals surface area contributed by atoms with E-state index >= 15 is 0 Å². The van der Waals surface area contributed by atoms with Crippen LogP contribution in [-0.4, -0.2) is 10.9 Å². The van der Waals surface area contributed by atoms with Crippen molar-refractivity contribution in [3.8, 4) is 0 Å². The number of amides is 1. The van der Waals surface area contributed by atoms with Crippen LogP contribution in [0, 0.1) is 0 Å². The van der Waals surface area contributed by atoms with Crippen LogP contribution in [0.1, 0.15) is 28.9 Å². The number of carbonyl (C=O) groups is 1. The van der Waals surface area contributed by atoms with Crippen molar-refractivity contribution in [3.63, 3.8) is 0 Å². The molecule has 0 fully saturated rings. The van der Waals surface area contributed by atoms with E-state index in [4.69, 9.17) is 5.73 Å². The van der Waals surface area contributed by atoms with Crippen LogP contribution < -0.4 is 11.1 Å². The predicted molar refractivity (Wildman–Crippen MR) is 71.2 cm³/mol. The fraction of sp³-hybridized carbons (Fsp3) is 0.143. The lowest BCUT2D eigenvalue weighted by atomic mass is 10.1. The quantitative estimate of drug-likeness (QED) is 0.866. The average molecular weight is 241 g/mol. The Morgan fingerprint density at radius 2 is 1.78 bits per heavy atom. The van der Waals surface area contributed by atoms with Crippen molar-refractivity contribution >= 4 is 11.6 Å². The monoisotopic (exact) mass is 241 g/mol. The Morgan fingerprint density at radius 1 is 1.17 bits per heavy atom. The molecule has 1 unspecified atom stereocenters. The number of anilines is 1. The van der Waals surface area contributed by atoms with Crippen LogP contribution >= 0.6 is 0 Å². The van der Waals surface area contributed by atoms with E-state index in [-0.39, 0.29) is 11.9 Å². The van der Waals surface area contributed by atoms with Gasteiger partial charge in [0.25, 0.3) is 5.91 Å². The number of hydrogen-bond acceptors (Lipinski definition) is 3. The summed E-state index contributed by atoms with van der Waals surface area (Å²) in [5, 5.41) is 2.82. The van der Waals surface area contributed by atoms with Crippen LogP contribution in [0.25, 0.3) is 0 Å². The van der Waals surface area contributed by atoms with E-state index in [1.807, 2.05) is 31.2 Å². The van der Waals surface area contributed by atoms with E-state index in [0.717, 1.165) is 11.3 Å². The maximum Gasteiger partial charge on any atom is 0.255 e. The summed E-state index contributed by atoms with van der Waals surface area (Å²) in [5.74, 6) is -0.147. The molecule has 0 bridgehead atoms. The molecule has 0 aliphatic carbocycles. The lowest BCUT2D eigenvalue weighted by molar-refractivity contribution is 0.102. The molecule has 0 spiro atoms. The van der Waals surface area contributed by atoms with Gasteiger partial charge in [-0.15, -0.1) is 0 Å². The molecule has 4 nitrogen and oxygen atoms in total. The molecule has 3 N–H and O–H groups in total. The number of nitrogens with one attached hydrogen (secondary N) is 1. The van der Waals surface area contributed by atoms with E-state index in [2.05, 4.69) is 10.3 Å². The number of nitrogens with zero attached hydrogens (tertiary/aromatic N) is 1. The van der Waals surface area contributed by atoms with Crippen molar-refractivity contribution in [2.45, 2.75) is 13.0 Å². The number of aromatic nitrogens is 1. The summed E-state index contributed by atoms with van der Waals surface area (Å²) in [4.78, 5) is 15.7. The van der Waals surface area contributed by atoms with Crippen molar-refractivity contribution < 1.29 is 4.79 Å². The van der Waals surface area contributed by atoms with Gasteiger partial charge in [0.15, 0.2) is 0 Å². The zero-order chi connectivity index (χ0) is 13.0. The maximum absolute atomic E-state index is 11.9. The van der Waals surface area contributed by atoms with E-state index in [0.29, 0.717) is 5.56 Å². The molecule has 0 aliphatic heterocycles. The zero-order valence-electron chi connectivity index (χ0n) is 10.1. The second-order valence-corrected chi connectivity index (χ2v) is 4.10. The van der Waals surface area contributed by atoms with Gasteiger partial charge in [0.2, 0.25) is 0 Å². The molecule has 18 heavy (non-hydrogen) atoms. The molecule has 0 aliphatic rings. The third kappa shape index (κ3) is 2.93. The summed E-state index contributed by atoms with van der Waals surface area (Å²) in [6.45, 7) is 1.92. The Hall–Kier alpha value is -2.20. The SMILES string of the molecule is CC(N)c1ccc(NC(=O)c2ccncc2)cc1. The van der Waals surface area contributed by atoms with Crippen molar-refractivity contribution in [1.82, 2.24) is 4.98 Å². The first-order chi connectivity index (χ1) is 8.66. The lowest BCUT2D eigenvalue weighted by Crippen LogP contribution is -2.12. The molecule has 0 radical (unpaired) electrons. The van der Waals surface area contributed by atoms with Gasteiger partial charge < -0.3 is 11.1 Å². The van der Waals surface area contributed by atoms with Crippen LogP contribution in [0.5, 0.6) is 0 Å². The Balaban J connectivity index is 2.08. The first-order valence-electron chi connectivity index (χ1n) is 5.74. The molecule has 2 rings (SSSR count). The second kappa shape index (κ2) is 5.42. The number of nitrogens with two attached hydrogens (primary N) is 1. The van der Waals surface area contributed by atoms with Crippen LogP contribution in [-0.2, 0) is 0 Å². The molecule has 1 amide bonds. The van der Waals surface area contributed by atoms with Crippen LogP contribution in [0.3, 0.4) is 0 Å². The smallest absolute Gasteiger partial charge is 0.255 e. The van der Waals surface area contributed by atoms with Gasteiger partial charge in [-0.1, -0.05) is 12.1 Å². The summed E-state index contributed by atoms with van der Waals surface area (Å²) in [6.07, 6.45) is 3.18. The highest BCUT2D eigenvalue weighted by Crippen LogP contribution is 2.14. The third-order valence-corrected chi connectivity index (χ3v) is 2.64. The largest absolute Gasteiger partial charge is 0.324 e. The van der Waals surface area contributed by atoms with E-state index < -0.39 is 0 Å². The number of rotatable bonds is 3. The molecule has 0 saturated heterocycles. The van der Waals surface area contributed by atoms with Gasteiger partial charge >= 0.3 is 0 Å². The minimum atomic E-state index is -0.147. The van der Waals surface area contributed by atoms with E-state index in [1.54, 1.807) is 24.5 Å². The molecule has 92 valence electrons. The molecule has 4 heteroatoms. The van der Waals surface area contributed by atoms with Crippen LogP contribution in [0.15, 0.2) is 48.8 Å². The zero-order valence-corrected chi connectivity index (χ0v) is 10.1. The highest BCUT2D eigenvalue weighted by Gasteiger charge is 2.05. The maximum atomic E-state index is 11.9. The Kier molecular flexibility index (Phi) is 3.69. The molecular formula is C14H15N3O. The summed E-state index contributed by atoms with van der Waals surface area (Å²) in [7, 11) is 0. The first-order valence-corrected chi connectivity index (χ1v) is 5.74. The summed E-state index contributed by atoms with van der Waals surface area (Å²) < 4.78 is 0. The minimum Gasteiger partial charge on any atom is -0.324 e. The topological polar surface area (TPSA) is 68.0 Å². The Labute approximate surface area is 106 Å². The highest BCUT2D eigenvalue weighted by atomic mass is 16.1. The van der Waals surface area contributed by atoms with E-state index in [9.17, 15) is 4.79 Å². The molecule has 1 heterocycles. The van der Waals surface area contributed by atoms with Gasteiger partial charge in [-0.3, -0.25) is 9.78 Å². The molecular weight excluding hydrogens is 226 g/mol. The summed E-state index contributed by atoms with van der Waals surface area (Å²) in [6, 6.07) is 10.8. The molecule has 1 aromatic carbocycles. The van der Waals surface area contributed by atoms with Crippen molar-refractivity contribution in [2.24, 2.45) is 5.73 Å². The van der Waals surface area contributed by atoms with Crippen molar-refractivity contribution in [1.29, 1.82) is 0 Å². The molecule has 1 atom stereocenters. The van der Waals surface area contributed by atoms with Gasteiger partial charge in [0.05, 0.1) is 0 Å². The van der Waals surface area contributed by atoms with Gasteiger partial charge in [0, 0.05) is 29.7 Å². The highest BCUT2D eigenvalue weighted by molar-refractivity contribution is 6.04. The van der Waals surface area contributed by atoms with Crippen molar-refractivity contribution in [3.05, 3.63) is 59.9 Å². The molecule has 0 saturated carbocycles. The van der Waals surface area contributed by atoms with Crippen molar-refractivity contribution in [2.75, 3.05) is 5.32 Å². The fourth-order valence-electron chi connectivity index (χ4n) is 1.58. The summed E-state index contributed by atoms with van der Waals surface area (Å²) in [5.41, 5.74) is 8.14. The number of hydrogen-bond donors (Lipinski definition) is 2. The Bertz CT molecular complexity index is 520.